The lowest BCUT2D eigenvalue weighted by Crippen LogP contribution is -2.24. The number of ether oxygens (including phenoxy) is 1. The number of hydrogen-bond donors (Lipinski definition) is 0. The Labute approximate surface area is 119 Å². The summed E-state index contributed by atoms with van der Waals surface area (Å²) in [6, 6.07) is 9.35. The Morgan fingerprint density at radius 2 is 1.70 bits per heavy atom. The molecule has 0 fully saturated rings. The summed E-state index contributed by atoms with van der Waals surface area (Å²) in [4.78, 5) is 11.7. The van der Waals surface area contributed by atoms with E-state index in [1.807, 2.05) is 30.3 Å². The molecular weight excluding hydrogens is 279 g/mol. The maximum Gasteiger partial charge on any atom is 0.366 e. The van der Waals surface area contributed by atoms with Crippen LogP contribution >= 0.6 is 7.60 Å². The Hall–Kier alpha value is -1.00. The minimum Gasteiger partial charge on any atom is -0.354 e. The molecule has 0 amide bonds. The number of hydrogen-bond acceptors (Lipinski definition) is 5. The predicted octanol–water partition coefficient (Wildman–Crippen LogP) is 3.38. The standard InChI is InChI=1S/C14H21O5P/c1-4-18-20(16,19-5-2)14(12(3)15)17-11-13-9-7-6-8-10-13/h6-10,14H,4-5,11H2,1-3H3. The summed E-state index contributed by atoms with van der Waals surface area (Å²) >= 11 is 0. The quantitative estimate of drug-likeness (QED) is 0.654. The van der Waals surface area contributed by atoms with Gasteiger partial charge in [-0.2, -0.15) is 0 Å². The molecule has 1 aromatic carbocycles. The summed E-state index contributed by atoms with van der Waals surface area (Å²) in [5.74, 6) is -1.56. The van der Waals surface area contributed by atoms with Gasteiger partial charge < -0.3 is 13.8 Å². The largest absolute Gasteiger partial charge is 0.366 e. The van der Waals surface area contributed by atoms with E-state index in [-0.39, 0.29) is 25.6 Å². The number of benzene rings is 1. The Bertz CT molecular complexity index is 450. The van der Waals surface area contributed by atoms with Crippen LogP contribution in [0.4, 0.5) is 0 Å². The van der Waals surface area contributed by atoms with E-state index < -0.39 is 13.4 Å². The lowest BCUT2D eigenvalue weighted by atomic mass is 10.2. The minimum absolute atomic E-state index is 0.176. The Morgan fingerprint density at radius 1 is 1.15 bits per heavy atom. The topological polar surface area (TPSA) is 61.8 Å². The van der Waals surface area contributed by atoms with E-state index in [1.165, 1.54) is 6.92 Å². The Balaban J connectivity index is 2.82. The van der Waals surface area contributed by atoms with Gasteiger partial charge in [-0.25, -0.2) is 0 Å². The van der Waals surface area contributed by atoms with Crippen LogP contribution in [0.2, 0.25) is 0 Å². The lowest BCUT2D eigenvalue weighted by Gasteiger charge is -2.24. The normalized spacial score (nSPS) is 13.2. The second kappa shape index (κ2) is 8.32. The first kappa shape index (κ1) is 17.1. The highest BCUT2D eigenvalue weighted by atomic mass is 31.2. The first-order valence-corrected chi connectivity index (χ1v) is 8.19. The van der Waals surface area contributed by atoms with Crippen molar-refractivity contribution in [3.63, 3.8) is 0 Å². The molecule has 5 nitrogen and oxygen atoms in total. The Morgan fingerprint density at radius 3 is 2.15 bits per heavy atom. The fourth-order valence-corrected chi connectivity index (χ4v) is 3.48. The van der Waals surface area contributed by atoms with Crippen molar-refractivity contribution in [2.24, 2.45) is 0 Å². The van der Waals surface area contributed by atoms with Crippen LogP contribution in [-0.2, 0) is 29.8 Å². The van der Waals surface area contributed by atoms with Crippen LogP contribution in [0.1, 0.15) is 26.3 Å². The third-order valence-corrected chi connectivity index (χ3v) is 4.83. The molecule has 0 radical (unpaired) electrons. The minimum atomic E-state index is -3.59. The lowest BCUT2D eigenvalue weighted by molar-refractivity contribution is -0.125. The van der Waals surface area contributed by atoms with E-state index in [0.29, 0.717) is 0 Å². The first-order valence-electron chi connectivity index (χ1n) is 6.58. The highest BCUT2D eigenvalue weighted by Crippen LogP contribution is 2.53. The second-order valence-corrected chi connectivity index (χ2v) is 6.20. The van der Waals surface area contributed by atoms with Crippen LogP contribution in [0.3, 0.4) is 0 Å². The molecule has 1 unspecified atom stereocenters. The maximum atomic E-state index is 12.6. The molecule has 0 bridgehead atoms. The average Bonchev–Trinajstić information content (AvgIpc) is 2.40. The Kier molecular flexibility index (Phi) is 7.10. The molecule has 0 saturated carbocycles. The van der Waals surface area contributed by atoms with Crippen LogP contribution in [0.5, 0.6) is 0 Å². The first-order chi connectivity index (χ1) is 9.53. The monoisotopic (exact) mass is 300 g/mol. The molecule has 20 heavy (non-hydrogen) atoms. The summed E-state index contributed by atoms with van der Waals surface area (Å²) in [5.41, 5.74) is 0.887. The van der Waals surface area contributed by atoms with Crippen molar-refractivity contribution in [3.8, 4) is 0 Å². The van der Waals surface area contributed by atoms with E-state index in [4.69, 9.17) is 13.8 Å². The zero-order valence-electron chi connectivity index (χ0n) is 12.1. The van der Waals surface area contributed by atoms with E-state index in [9.17, 15) is 9.36 Å². The SMILES string of the molecule is CCOP(=O)(OCC)C(OCc1ccccc1)C(C)=O. The van der Waals surface area contributed by atoms with E-state index >= 15 is 0 Å². The molecule has 0 aliphatic heterocycles. The van der Waals surface area contributed by atoms with Crippen molar-refractivity contribution < 1.29 is 23.1 Å². The zero-order valence-corrected chi connectivity index (χ0v) is 13.0. The van der Waals surface area contributed by atoms with Gasteiger partial charge in [0, 0.05) is 0 Å². The molecule has 0 aromatic heterocycles. The molecule has 0 aliphatic carbocycles. The van der Waals surface area contributed by atoms with E-state index in [0.717, 1.165) is 5.56 Å². The van der Waals surface area contributed by atoms with E-state index in [2.05, 4.69) is 0 Å². The summed E-state index contributed by atoms with van der Waals surface area (Å²) in [5, 5.41) is 0. The number of carbonyl (C=O) groups excluding carboxylic acids is 1. The van der Waals surface area contributed by atoms with Gasteiger partial charge in [0.2, 0.25) is 5.85 Å². The van der Waals surface area contributed by atoms with Gasteiger partial charge in [0.15, 0.2) is 5.78 Å². The number of rotatable bonds is 9. The van der Waals surface area contributed by atoms with Crippen LogP contribution < -0.4 is 0 Å². The molecule has 1 atom stereocenters. The van der Waals surface area contributed by atoms with Crippen molar-refractivity contribution in [1.82, 2.24) is 0 Å². The fourth-order valence-electron chi connectivity index (χ4n) is 1.71. The molecule has 0 heterocycles. The van der Waals surface area contributed by atoms with Crippen molar-refractivity contribution in [2.75, 3.05) is 13.2 Å². The van der Waals surface area contributed by atoms with Crippen LogP contribution in [0, 0.1) is 0 Å². The summed E-state index contributed by atoms with van der Waals surface area (Å²) in [7, 11) is -3.59. The van der Waals surface area contributed by atoms with Gasteiger partial charge in [-0.1, -0.05) is 30.3 Å². The van der Waals surface area contributed by atoms with Crippen molar-refractivity contribution in [2.45, 2.75) is 33.2 Å². The fraction of sp³-hybridized carbons (Fsp3) is 0.500. The van der Waals surface area contributed by atoms with Gasteiger partial charge >= 0.3 is 7.60 Å². The summed E-state index contributed by atoms with van der Waals surface area (Å²) in [6.45, 7) is 5.27. The van der Waals surface area contributed by atoms with Crippen molar-refractivity contribution in [3.05, 3.63) is 35.9 Å². The molecule has 6 heteroatoms. The van der Waals surface area contributed by atoms with Gasteiger partial charge in [-0.05, 0) is 26.3 Å². The van der Waals surface area contributed by atoms with Gasteiger partial charge in [0.1, 0.15) is 0 Å². The maximum absolute atomic E-state index is 12.6. The summed E-state index contributed by atoms with van der Waals surface area (Å²) < 4.78 is 28.4. The van der Waals surface area contributed by atoms with Crippen LogP contribution in [0.15, 0.2) is 30.3 Å². The third kappa shape index (κ3) is 4.84. The molecule has 1 aromatic rings. The number of Topliss-reactive ketones (excluding diaryl/α,β-unsaturated/α-hetero) is 1. The van der Waals surface area contributed by atoms with Gasteiger partial charge in [0.05, 0.1) is 19.8 Å². The molecule has 112 valence electrons. The predicted molar refractivity (Wildman–Crippen MR) is 76.6 cm³/mol. The molecule has 0 saturated heterocycles. The average molecular weight is 300 g/mol. The van der Waals surface area contributed by atoms with Gasteiger partial charge in [0.25, 0.3) is 0 Å². The molecule has 1 rings (SSSR count). The third-order valence-electron chi connectivity index (χ3n) is 2.50. The molecule has 0 spiro atoms. The summed E-state index contributed by atoms with van der Waals surface area (Å²) in [6.07, 6.45) is 0. The highest BCUT2D eigenvalue weighted by molar-refractivity contribution is 7.55. The van der Waals surface area contributed by atoms with Crippen LogP contribution in [-0.4, -0.2) is 24.8 Å². The van der Waals surface area contributed by atoms with Gasteiger partial charge in [-0.15, -0.1) is 0 Å². The van der Waals surface area contributed by atoms with E-state index in [1.54, 1.807) is 13.8 Å². The smallest absolute Gasteiger partial charge is 0.354 e. The van der Waals surface area contributed by atoms with Crippen LogP contribution in [0.25, 0.3) is 0 Å². The number of ketones is 1. The van der Waals surface area contributed by atoms with Crippen molar-refractivity contribution >= 4 is 13.4 Å². The number of carbonyl (C=O) groups is 1. The molecule has 0 aliphatic rings. The molecular formula is C14H21O5P. The second-order valence-electron chi connectivity index (χ2n) is 4.13. The van der Waals surface area contributed by atoms with Crippen molar-refractivity contribution in [1.29, 1.82) is 0 Å². The molecule has 0 N–H and O–H groups in total. The zero-order chi connectivity index (χ0) is 15.0. The van der Waals surface area contributed by atoms with Gasteiger partial charge in [-0.3, -0.25) is 9.36 Å². The highest BCUT2D eigenvalue weighted by Gasteiger charge is 2.40.